The summed E-state index contributed by atoms with van der Waals surface area (Å²) in [6, 6.07) is 17.0. The molecule has 0 radical (unpaired) electrons. The van der Waals surface area contributed by atoms with E-state index in [1.165, 1.54) is 5.56 Å². The lowest BCUT2D eigenvalue weighted by Crippen LogP contribution is -2.28. The number of rotatable bonds is 8. The highest BCUT2D eigenvalue weighted by atomic mass is 32.2. The summed E-state index contributed by atoms with van der Waals surface area (Å²) in [5.74, 6) is 0.607. The van der Waals surface area contributed by atoms with Crippen LogP contribution in [0.25, 0.3) is 34.0 Å². The fourth-order valence-corrected chi connectivity index (χ4v) is 6.70. The van der Waals surface area contributed by atoms with Gasteiger partial charge >= 0.3 is 0 Å². The van der Waals surface area contributed by atoms with Crippen molar-refractivity contribution in [2.75, 3.05) is 32.2 Å². The van der Waals surface area contributed by atoms with Gasteiger partial charge in [0.15, 0.2) is 27.1 Å². The highest BCUT2D eigenvalue weighted by Crippen LogP contribution is 2.31. The molecule has 11 heteroatoms. The summed E-state index contributed by atoms with van der Waals surface area (Å²) in [7, 11) is -3.42. The Morgan fingerprint density at radius 3 is 2.33 bits per heavy atom. The standard InChI is InChI=1S/C29H31N5O5S/c30-29-28(27-15-25(34-39-27)20-3-1-19(2-4-20)16-31-22-9-12-38-18-22)33-26(17-32-29)21-5-7-23(8-6-21)40(35,36)24-10-13-37-14-11-24/h1-8,15,17,22,24,31H,9-14,16,18H2,(H2,30,32)/t22-/m0/s1. The second-order valence-electron chi connectivity index (χ2n) is 10.1. The SMILES string of the molecule is Nc1ncc(-c2ccc(S(=O)(=O)C3CCOCC3)cc2)nc1-c1cc(-c2ccc(CN[C@H]3CCOC3)cc2)no1. The van der Waals surface area contributed by atoms with Crippen molar-refractivity contribution in [1.82, 2.24) is 20.4 Å². The minimum absolute atomic E-state index is 0.211. The molecule has 40 heavy (non-hydrogen) atoms. The first kappa shape index (κ1) is 26.6. The van der Waals surface area contributed by atoms with Crippen LogP contribution in [-0.4, -0.2) is 61.3 Å². The van der Waals surface area contributed by atoms with E-state index in [-0.39, 0.29) is 5.82 Å². The van der Waals surface area contributed by atoms with Crippen LogP contribution in [0.15, 0.2) is 70.2 Å². The summed E-state index contributed by atoms with van der Waals surface area (Å²) in [4.78, 5) is 9.27. The third kappa shape index (κ3) is 5.64. The Labute approximate surface area is 232 Å². The number of hydrogen-bond donors (Lipinski definition) is 2. The van der Waals surface area contributed by atoms with E-state index in [0.717, 1.165) is 31.7 Å². The molecular weight excluding hydrogens is 530 g/mol. The van der Waals surface area contributed by atoms with Crippen LogP contribution in [0.1, 0.15) is 24.8 Å². The summed E-state index contributed by atoms with van der Waals surface area (Å²) < 4.78 is 42.4. The summed E-state index contributed by atoms with van der Waals surface area (Å²) >= 11 is 0. The quantitative estimate of drug-likeness (QED) is 0.325. The number of nitrogen functional groups attached to an aromatic ring is 1. The van der Waals surface area contributed by atoms with Crippen LogP contribution in [0, 0.1) is 0 Å². The van der Waals surface area contributed by atoms with E-state index < -0.39 is 15.1 Å². The highest BCUT2D eigenvalue weighted by molar-refractivity contribution is 7.92. The normalized spacial score (nSPS) is 18.2. The van der Waals surface area contributed by atoms with Crippen LogP contribution < -0.4 is 11.1 Å². The van der Waals surface area contributed by atoms with Gasteiger partial charge in [-0.25, -0.2) is 18.4 Å². The maximum atomic E-state index is 13.0. The van der Waals surface area contributed by atoms with Crippen molar-refractivity contribution >= 4 is 15.7 Å². The molecule has 2 aliphatic rings. The molecule has 2 aliphatic heterocycles. The monoisotopic (exact) mass is 561 g/mol. The molecule has 10 nitrogen and oxygen atoms in total. The van der Waals surface area contributed by atoms with E-state index in [4.69, 9.17) is 19.7 Å². The molecular formula is C29H31N5O5S. The number of benzene rings is 2. The van der Waals surface area contributed by atoms with Crippen LogP contribution in [0.3, 0.4) is 0 Å². The topological polar surface area (TPSA) is 142 Å². The van der Waals surface area contributed by atoms with Crippen molar-refractivity contribution in [2.24, 2.45) is 0 Å². The van der Waals surface area contributed by atoms with E-state index >= 15 is 0 Å². The first-order chi connectivity index (χ1) is 19.5. The van der Waals surface area contributed by atoms with Crippen LogP contribution >= 0.6 is 0 Å². The van der Waals surface area contributed by atoms with E-state index in [1.807, 2.05) is 12.1 Å². The number of ether oxygens (including phenoxy) is 2. The Kier molecular flexibility index (Phi) is 7.61. The average molecular weight is 562 g/mol. The van der Waals surface area contributed by atoms with Gasteiger partial charge in [0.25, 0.3) is 0 Å². The molecule has 2 aromatic carbocycles. The smallest absolute Gasteiger partial charge is 0.189 e. The molecule has 6 rings (SSSR count). The van der Waals surface area contributed by atoms with E-state index in [9.17, 15) is 8.42 Å². The van der Waals surface area contributed by atoms with Crippen molar-refractivity contribution in [3.8, 4) is 34.0 Å². The lowest BCUT2D eigenvalue weighted by Gasteiger charge is -2.22. The molecule has 4 aromatic rings. The van der Waals surface area contributed by atoms with Gasteiger partial charge in [0.2, 0.25) is 0 Å². The fraction of sp³-hybridized carbons (Fsp3) is 0.345. The second kappa shape index (κ2) is 11.5. The van der Waals surface area contributed by atoms with Gasteiger partial charge in [0.05, 0.1) is 28.6 Å². The van der Waals surface area contributed by atoms with Gasteiger partial charge in [-0.3, -0.25) is 0 Å². The van der Waals surface area contributed by atoms with Crippen LogP contribution in [0.4, 0.5) is 5.82 Å². The predicted molar refractivity (Wildman–Crippen MR) is 150 cm³/mol. The zero-order valence-corrected chi connectivity index (χ0v) is 22.8. The van der Waals surface area contributed by atoms with Gasteiger partial charge in [-0.05, 0) is 37.0 Å². The molecule has 0 spiro atoms. The van der Waals surface area contributed by atoms with Gasteiger partial charge in [-0.15, -0.1) is 0 Å². The minimum atomic E-state index is -3.42. The maximum absolute atomic E-state index is 13.0. The maximum Gasteiger partial charge on any atom is 0.189 e. The average Bonchev–Trinajstić information content (AvgIpc) is 3.70. The Hall–Kier alpha value is -3.64. The molecule has 2 saturated heterocycles. The van der Waals surface area contributed by atoms with Crippen molar-refractivity contribution in [3.05, 3.63) is 66.4 Å². The molecule has 0 aliphatic carbocycles. The molecule has 3 N–H and O–H groups in total. The van der Waals surface area contributed by atoms with E-state index in [2.05, 4.69) is 32.6 Å². The van der Waals surface area contributed by atoms with Gasteiger partial charge in [-0.1, -0.05) is 41.6 Å². The summed E-state index contributed by atoms with van der Waals surface area (Å²) in [5, 5.41) is 7.31. The van der Waals surface area contributed by atoms with Gasteiger partial charge < -0.3 is 25.0 Å². The number of nitrogens with one attached hydrogen (secondary N) is 1. The number of aromatic nitrogens is 3. The zero-order valence-electron chi connectivity index (χ0n) is 22.0. The Bertz CT molecular complexity index is 1560. The summed E-state index contributed by atoms with van der Waals surface area (Å²) in [5.41, 5.74) is 10.5. The molecule has 0 bridgehead atoms. The Morgan fingerprint density at radius 1 is 0.900 bits per heavy atom. The third-order valence-corrected chi connectivity index (χ3v) is 9.68. The predicted octanol–water partition coefficient (Wildman–Crippen LogP) is 3.88. The van der Waals surface area contributed by atoms with E-state index in [1.54, 1.807) is 36.5 Å². The third-order valence-electron chi connectivity index (χ3n) is 7.40. The first-order valence-corrected chi connectivity index (χ1v) is 14.9. The Morgan fingerprint density at radius 2 is 1.60 bits per heavy atom. The van der Waals surface area contributed by atoms with Crippen LogP contribution in [0.2, 0.25) is 0 Å². The van der Waals surface area contributed by atoms with Crippen molar-refractivity contribution in [3.63, 3.8) is 0 Å². The van der Waals surface area contributed by atoms with E-state index in [0.29, 0.717) is 65.4 Å². The number of sulfone groups is 1. The molecule has 1 atom stereocenters. The largest absolute Gasteiger partial charge is 0.382 e. The van der Waals surface area contributed by atoms with Gasteiger partial charge in [-0.2, -0.15) is 0 Å². The number of nitrogens with zero attached hydrogens (tertiary/aromatic N) is 3. The molecule has 0 saturated carbocycles. The molecule has 0 amide bonds. The molecule has 4 heterocycles. The lowest BCUT2D eigenvalue weighted by molar-refractivity contribution is 0.0983. The highest BCUT2D eigenvalue weighted by Gasteiger charge is 2.29. The summed E-state index contributed by atoms with van der Waals surface area (Å²) in [6.07, 6.45) is 3.61. The first-order valence-electron chi connectivity index (χ1n) is 13.4. The molecule has 0 unspecified atom stereocenters. The van der Waals surface area contributed by atoms with Crippen LogP contribution in [-0.2, 0) is 25.9 Å². The molecule has 2 fully saturated rings. The lowest BCUT2D eigenvalue weighted by atomic mass is 10.1. The number of nitrogens with two attached hydrogens (primary N) is 1. The van der Waals surface area contributed by atoms with Crippen molar-refractivity contribution < 1.29 is 22.4 Å². The number of anilines is 1. The molecule has 2 aromatic heterocycles. The second-order valence-corrected chi connectivity index (χ2v) is 12.3. The van der Waals surface area contributed by atoms with Gasteiger partial charge in [0, 0.05) is 49.6 Å². The minimum Gasteiger partial charge on any atom is -0.382 e. The van der Waals surface area contributed by atoms with Crippen molar-refractivity contribution in [1.29, 1.82) is 0 Å². The van der Waals surface area contributed by atoms with Crippen molar-refractivity contribution in [2.45, 2.75) is 42.0 Å². The fourth-order valence-electron chi connectivity index (χ4n) is 4.99. The van der Waals surface area contributed by atoms with Crippen LogP contribution in [0.5, 0.6) is 0 Å². The Balaban J connectivity index is 1.18. The zero-order chi connectivity index (χ0) is 27.5. The summed E-state index contributed by atoms with van der Waals surface area (Å²) in [6.45, 7) is 3.29. The number of hydrogen-bond acceptors (Lipinski definition) is 10. The van der Waals surface area contributed by atoms with Gasteiger partial charge in [0.1, 0.15) is 5.69 Å². The molecule has 208 valence electrons.